The van der Waals surface area contributed by atoms with Gasteiger partial charge in [0.1, 0.15) is 0 Å². The molecule has 0 saturated carbocycles. The number of anilines is 1. The van der Waals surface area contributed by atoms with Gasteiger partial charge in [0, 0.05) is 0 Å². The Morgan fingerprint density at radius 2 is 1.70 bits per heavy atom. The molecule has 0 saturated heterocycles. The quantitative estimate of drug-likeness (QED) is 0.590. The summed E-state index contributed by atoms with van der Waals surface area (Å²) in [7, 11) is -4.40. The maximum absolute atomic E-state index is 12.6. The number of carboxylic acids is 1. The molecule has 1 unspecified atom stereocenters. The SMILES string of the molecule is O=C(O)C1=NN(c2ccc(S(=O)(=O)O)cc2)C(=O)C1/N=N/c1ccccc1. The van der Waals surface area contributed by atoms with E-state index in [-0.39, 0.29) is 10.6 Å². The summed E-state index contributed by atoms with van der Waals surface area (Å²) in [6.07, 6.45) is 0. The average Bonchev–Trinajstić information content (AvgIpc) is 2.97. The molecule has 1 amide bonds. The molecule has 0 spiro atoms. The van der Waals surface area contributed by atoms with E-state index in [4.69, 9.17) is 4.55 Å². The summed E-state index contributed by atoms with van der Waals surface area (Å²) in [6, 6.07) is 11.5. The Balaban J connectivity index is 1.91. The third-order valence-corrected chi connectivity index (χ3v) is 4.42. The van der Waals surface area contributed by atoms with Crippen molar-refractivity contribution in [2.75, 3.05) is 5.01 Å². The fourth-order valence-corrected chi connectivity index (χ4v) is 2.75. The molecule has 10 nitrogen and oxygen atoms in total. The van der Waals surface area contributed by atoms with Crippen LogP contribution in [0.3, 0.4) is 0 Å². The lowest BCUT2D eigenvalue weighted by molar-refractivity contribution is -0.130. The number of hydrogen-bond acceptors (Lipinski definition) is 7. The highest BCUT2D eigenvalue weighted by Gasteiger charge is 2.41. The number of nitrogens with zero attached hydrogens (tertiary/aromatic N) is 4. The van der Waals surface area contributed by atoms with Gasteiger partial charge < -0.3 is 5.11 Å². The number of hydrogen-bond donors (Lipinski definition) is 2. The Hall–Kier alpha value is -3.44. The number of azo groups is 1. The predicted molar refractivity (Wildman–Crippen MR) is 93.6 cm³/mol. The summed E-state index contributed by atoms with van der Waals surface area (Å²) in [6.45, 7) is 0. The van der Waals surface area contributed by atoms with Gasteiger partial charge in [-0.15, -0.1) is 0 Å². The van der Waals surface area contributed by atoms with Crippen LogP contribution >= 0.6 is 0 Å². The van der Waals surface area contributed by atoms with E-state index in [2.05, 4.69) is 15.3 Å². The molecular weight excluding hydrogens is 376 g/mol. The van der Waals surface area contributed by atoms with Gasteiger partial charge >= 0.3 is 5.97 Å². The van der Waals surface area contributed by atoms with Crippen LogP contribution in [0.5, 0.6) is 0 Å². The molecule has 0 bridgehead atoms. The lowest BCUT2D eigenvalue weighted by Crippen LogP contribution is -2.33. The fraction of sp³-hybridized carbons (Fsp3) is 0.0625. The molecule has 0 aliphatic carbocycles. The zero-order valence-electron chi connectivity index (χ0n) is 13.5. The third-order valence-electron chi connectivity index (χ3n) is 3.55. The molecule has 1 heterocycles. The number of carbonyl (C=O) groups is 2. The number of carboxylic acid groups (broad SMARTS) is 1. The molecule has 1 aliphatic rings. The summed E-state index contributed by atoms with van der Waals surface area (Å²) in [5.41, 5.74) is 0.0353. The highest BCUT2D eigenvalue weighted by Crippen LogP contribution is 2.25. The van der Waals surface area contributed by atoms with Crippen molar-refractivity contribution in [2.45, 2.75) is 10.9 Å². The minimum absolute atomic E-state index is 0.114. The van der Waals surface area contributed by atoms with Crippen LogP contribution in [0.2, 0.25) is 0 Å². The van der Waals surface area contributed by atoms with Crippen LogP contribution in [-0.4, -0.2) is 41.7 Å². The van der Waals surface area contributed by atoms with Gasteiger partial charge in [-0.1, -0.05) is 18.2 Å². The third kappa shape index (κ3) is 3.88. The van der Waals surface area contributed by atoms with Gasteiger partial charge in [-0.25, -0.2) is 4.79 Å². The van der Waals surface area contributed by atoms with Crippen molar-refractivity contribution in [3.05, 3.63) is 54.6 Å². The summed E-state index contributed by atoms with van der Waals surface area (Å²) in [5.74, 6) is -2.19. The number of aliphatic carboxylic acids is 1. The second-order valence-corrected chi connectivity index (χ2v) is 6.78. The molecule has 0 radical (unpaired) electrons. The first-order chi connectivity index (χ1) is 12.8. The van der Waals surface area contributed by atoms with Crippen molar-refractivity contribution in [2.24, 2.45) is 15.3 Å². The minimum atomic E-state index is -4.40. The second kappa shape index (κ2) is 7.05. The van der Waals surface area contributed by atoms with E-state index < -0.39 is 33.7 Å². The normalized spacial score (nSPS) is 17.4. The average molecular weight is 388 g/mol. The van der Waals surface area contributed by atoms with Crippen molar-refractivity contribution in [3.63, 3.8) is 0 Å². The largest absolute Gasteiger partial charge is 0.477 e. The topological polar surface area (TPSA) is 149 Å². The van der Waals surface area contributed by atoms with E-state index in [1.807, 2.05) is 0 Å². The van der Waals surface area contributed by atoms with Crippen molar-refractivity contribution in [3.8, 4) is 0 Å². The first-order valence-corrected chi connectivity index (χ1v) is 8.90. The first-order valence-electron chi connectivity index (χ1n) is 7.46. The van der Waals surface area contributed by atoms with Crippen LogP contribution in [-0.2, 0) is 19.7 Å². The summed E-state index contributed by atoms with van der Waals surface area (Å²) in [5, 5.41) is 21.5. The zero-order valence-corrected chi connectivity index (χ0v) is 14.3. The molecule has 27 heavy (non-hydrogen) atoms. The number of hydrazone groups is 1. The molecule has 2 aromatic rings. The predicted octanol–water partition coefficient (Wildman–Crippen LogP) is 1.87. The van der Waals surface area contributed by atoms with Gasteiger partial charge in [-0.2, -0.15) is 28.8 Å². The lowest BCUT2D eigenvalue weighted by Gasteiger charge is -2.12. The van der Waals surface area contributed by atoms with Crippen LogP contribution in [0.15, 0.2) is 74.8 Å². The highest BCUT2D eigenvalue weighted by atomic mass is 32.2. The maximum Gasteiger partial charge on any atom is 0.355 e. The van der Waals surface area contributed by atoms with Gasteiger partial charge in [0.2, 0.25) is 6.04 Å². The summed E-state index contributed by atoms with van der Waals surface area (Å²) < 4.78 is 31.2. The number of benzene rings is 2. The van der Waals surface area contributed by atoms with Gasteiger partial charge in [-0.05, 0) is 36.4 Å². The Kier molecular flexibility index (Phi) is 4.79. The maximum atomic E-state index is 12.6. The lowest BCUT2D eigenvalue weighted by atomic mass is 10.2. The molecule has 0 fully saturated rings. The van der Waals surface area contributed by atoms with Gasteiger partial charge in [0.15, 0.2) is 5.71 Å². The zero-order chi connectivity index (χ0) is 19.6. The molecule has 1 aliphatic heterocycles. The van der Waals surface area contributed by atoms with Crippen LogP contribution in [0.25, 0.3) is 0 Å². The molecule has 2 N–H and O–H groups in total. The van der Waals surface area contributed by atoms with E-state index in [0.29, 0.717) is 5.69 Å². The highest BCUT2D eigenvalue weighted by molar-refractivity contribution is 7.85. The van der Waals surface area contributed by atoms with Gasteiger partial charge in [0.05, 0.1) is 16.3 Å². The van der Waals surface area contributed by atoms with Crippen molar-refractivity contribution in [1.29, 1.82) is 0 Å². The Morgan fingerprint density at radius 3 is 2.26 bits per heavy atom. The summed E-state index contributed by atoms with van der Waals surface area (Å²) >= 11 is 0. The van der Waals surface area contributed by atoms with Gasteiger partial charge in [-0.3, -0.25) is 9.35 Å². The van der Waals surface area contributed by atoms with Crippen LogP contribution in [0.4, 0.5) is 11.4 Å². The molecule has 0 aromatic heterocycles. The van der Waals surface area contributed by atoms with E-state index in [0.717, 1.165) is 17.1 Å². The van der Waals surface area contributed by atoms with Crippen LogP contribution in [0.1, 0.15) is 0 Å². The molecule has 3 rings (SSSR count). The number of amides is 1. The van der Waals surface area contributed by atoms with E-state index in [1.54, 1.807) is 30.3 Å². The van der Waals surface area contributed by atoms with E-state index in [9.17, 15) is 23.1 Å². The van der Waals surface area contributed by atoms with E-state index >= 15 is 0 Å². The number of rotatable bonds is 5. The van der Waals surface area contributed by atoms with Crippen molar-refractivity contribution < 1.29 is 27.7 Å². The second-order valence-electron chi connectivity index (χ2n) is 5.36. The monoisotopic (exact) mass is 388 g/mol. The molecule has 2 aromatic carbocycles. The van der Waals surface area contributed by atoms with E-state index in [1.165, 1.54) is 12.1 Å². The summed E-state index contributed by atoms with van der Waals surface area (Å²) in [4.78, 5) is 23.6. The minimum Gasteiger partial charge on any atom is -0.477 e. The Morgan fingerprint density at radius 1 is 1.07 bits per heavy atom. The van der Waals surface area contributed by atoms with Crippen molar-refractivity contribution in [1.82, 2.24) is 0 Å². The number of carbonyl (C=O) groups excluding carboxylic acids is 1. The Bertz CT molecular complexity index is 1050. The Labute approximate surface area is 153 Å². The standard InChI is InChI=1S/C16H12N4O6S/c21-15-13(18-17-10-4-2-1-3-5-10)14(16(22)23)19-20(15)11-6-8-12(9-7-11)27(24,25)26/h1-9,13H,(H,22,23)(H,24,25,26)/b18-17+. The molecule has 11 heteroatoms. The molecular formula is C16H12N4O6S. The van der Waals surface area contributed by atoms with Gasteiger partial charge in [0.25, 0.3) is 16.0 Å². The molecule has 138 valence electrons. The fourth-order valence-electron chi connectivity index (χ4n) is 2.27. The van der Waals surface area contributed by atoms with Crippen molar-refractivity contribution >= 4 is 39.1 Å². The van der Waals surface area contributed by atoms with Crippen LogP contribution < -0.4 is 5.01 Å². The molecule has 1 atom stereocenters. The van der Waals surface area contributed by atoms with Crippen LogP contribution in [0, 0.1) is 0 Å². The first kappa shape index (κ1) is 18.4. The smallest absolute Gasteiger partial charge is 0.355 e.